The molecule has 0 radical (unpaired) electrons. The van der Waals surface area contributed by atoms with Crippen LogP contribution in [0.3, 0.4) is 0 Å². The number of carboxylic acid groups (broad SMARTS) is 2. The summed E-state index contributed by atoms with van der Waals surface area (Å²) in [6.45, 7) is 3.87. The van der Waals surface area contributed by atoms with Crippen molar-refractivity contribution in [2.75, 3.05) is 0 Å². The van der Waals surface area contributed by atoms with Gasteiger partial charge in [0, 0.05) is 0 Å². The Morgan fingerprint density at radius 1 is 0.778 bits per heavy atom. The summed E-state index contributed by atoms with van der Waals surface area (Å²) in [5.74, 6) is -2.34. The minimum atomic E-state index is -1.17. The summed E-state index contributed by atoms with van der Waals surface area (Å²) >= 11 is 0. The summed E-state index contributed by atoms with van der Waals surface area (Å²) in [6.07, 6.45) is 8.91. The van der Waals surface area contributed by atoms with E-state index in [1.54, 1.807) is 12.2 Å². The lowest BCUT2D eigenvalue weighted by Crippen LogP contribution is -2.10. The monoisotopic (exact) mass is 252 g/mol. The van der Waals surface area contributed by atoms with Crippen LogP contribution in [0.4, 0.5) is 0 Å². The Labute approximate surface area is 107 Å². The van der Waals surface area contributed by atoms with Crippen LogP contribution in [0.2, 0.25) is 0 Å². The van der Waals surface area contributed by atoms with E-state index in [9.17, 15) is 9.59 Å². The molecule has 0 amide bonds. The number of carbonyl (C=O) groups is 2. The molecule has 0 unspecified atom stereocenters. The van der Waals surface area contributed by atoms with Gasteiger partial charge in [-0.1, -0.05) is 38.2 Å². The molecule has 0 rings (SSSR count). The molecule has 0 atom stereocenters. The minimum Gasteiger partial charge on any atom is -0.478 e. The zero-order valence-electron chi connectivity index (χ0n) is 10.8. The van der Waals surface area contributed by atoms with Crippen LogP contribution in [0.5, 0.6) is 0 Å². The fourth-order valence-corrected chi connectivity index (χ4v) is 1.41. The summed E-state index contributed by atoms with van der Waals surface area (Å²) in [4.78, 5) is 22.2. The van der Waals surface area contributed by atoms with Gasteiger partial charge >= 0.3 is 11.9 Å². The topological polar surface area (TPSA) is 74.6 Å². The van der Waals surface area contributed by atoms with Gasteiger partial charge in [0.1, 0.15) is 0 Å². The van der Waals surface area contributed by atoms with Crippen molar-refractivity contribution in [3.05, 3.63) is 35.5 Å². The lowest BCUT2D eigenvalue weighted by Gasteiger charge is -2.05. The lowest BCUT2D eigenvalue weighted by atomic mass is 10.0. The van der Waals surface area contributed by atoms with Gasteiger partial charge in [0.25, 0.3) is 0 Å². The molecule has 0 saturated carbocycles. The highest BCUT2D eigenvalue weighted by atomic mass is 16.4. The van der Waals surface area contributed by atoms with Crippen molar-refractivity contribution in [2.24, 2.45) is 0 Å². The Balaban J connectivity index is 5.16. The molecule has 2 N–H and O–H groups in total. The predicted molar refractivity (Wildman–Crippen MR) is 70.4 cm³/mol. The van der Waals surface area contributed by atoms with E-state index in [0.29, 0.717) is 0 Å². The molecule has 0 aliphatic carbocycles. The third-order valence-corrected chi connectivity index (χ3v) is 2.33. The van der Waals surface area contributed by atoms with Crippen LogP contribution in [-0.2, 0) is 9.59 Å². The molecule has 0 aromatic heterocycles. The van der Waals surface area contributed by atoms with Gasteiger partial charge in [-0.25, -0.2) is 9.59 Å². The standard InChI is InChI=1S/C14H20O4/c1-3-5-7-9-11(13(15)16)12(14(17)18)10-8-6-4-2/h5-8H,3-4,9-10H2,1-2H3,(H,15,16)(H,17,18)/b7-5+,8-6+,12-11+. The summed E-state index contributed by atoms with van der Waals surface area (Å²) in [6, 6.07) is 0. The van der Waals surface area contributed by atoms with Crippen molar-refractivity contribution in [3.63, 3.8) is 0 Å². The highest BCUT2D eigenvalue weighted by Crippen LogP contribution is 2.15. The SMILES string of the molecule is CC/C=C/C/C(C(=O)O)=C(/C/C=C/CC)C(=O)O. The first-order chi connectivity index (χ1) is 8.54. The summed E-state index contributed by atoms with van der Waals surface area (Å²) < 4.78 is 0. The van der Waals surface area contributed by atoms with E-state index in [1.165, 1.54) is 0 Å². The molecular weight excluding hydrogens is 232 g/mol. The maximum Gasteiger partial charge on any atom is 0.332 e. The van der Waals surface area contributed by atoms with Gasteiger partial charge in [0.15, 0.2) is 0 Å². The summed E-state index contributed by atoms with van der Waals surface area (Å²) in [7, 11) is 0. The molecule has 100 valence electrons. The van der Waals surface area contributed by atoms with E-state index in [1.807, 2.05) is 26.0 Å². The first kappa shape index (κ1) is 16.2. The van der Waals surface area contributed by atoms with E-state index in [4.69, 9.17) is 10.2 Å². The molecule has 4 heteroatoms. The summed E-state index contributed by atoms with van der Waals surface area (Å²) in [5.41, 5.74) is -0.0964. The zero-order valence-corrected chi connectivity index (χ0v) is 10.8. The predicted octanol–water partition coefficient (Wildman–Crippen LogP) is 3.16. The molecule has 4 nitrogen and oxygen atoms in total. The maximum atomic E-state index is 11.1. The molecule has 0 heterocycles. The smallest absolute Gasteiger partial charge is 0.332 e. The Morgan fingerprint density at radius 2 is 1.11 bits per heavy atom. The Kier molecular flexibility index (Phi) is 8.27. The van der Waals surface area contributed by atoms with Crippen LogP contribution in [0.15, 0.2) is 35.5 Å². The first-order valence-corrected chi connectivity index (χ1v) is 6.03. The third-order valence-electron chi connectivity index (χ3n) is 2.33. The van der Waals surface area contributed by atoms with Gasteiger partial charge in [-0.2, -0.15) is 0 Å². The second kappa shape index (κ2) is 9.22. The van der Waals surface area contributed by atoms with Gasteiger partial charge in [0.2, 0.25) is 0 Å². The van der Waals surface area contributed by atoms with Crippen molar-refractivity contribution in [2.45, 2.75) is 39.5 Å². The second-order valence-corrected chi connectivity index (χ2v) is 3.73. The third kappa shape index (κ3) is 6.03. The van der Waals surface area contributed by atoms with Gasteiger partial charge in [-0.15, -0.1) is 0 Å². The van der Waals surface area contributed by atoms with Gasteiger partial charge in [-0.05, 0) is 25.7 Å². The van der Waals surface area contributed by atoms with Crippen molar-refractivity contribution in [1.29, 1.82) is 0 Å². The van der Waals surface area contributed by atoms with Crippen molar-refractivity contribution < 1.29 is 19.8 Å². The fourth-order valence-electron chi connectivity index (χ4n) is 1.41. The van der Waals surface area contributed by atoms with Crippen LogP contribution in [0.1, 0.15) is 39.5 Å². The zero-order chi connectivity index (χ0) is 14.0. The Morgan fingerprint density at radius 3 is 1.33 bits per heavy atom. The van der Waals surface area contributed by atoms with E-state index in [2.05, 4.69) is 0 Å². The second-order valence-electron chi connectivity index (χ2n) is 3.73. The Bertz CT molecular complexity index is 339. The Hall–Kier alpha value is -1.84. The fraction of sp³-hybridized carbons (Fsp3) is 0.429. The number of allylic oxidation sites excluding steroid dienone is 4. The van der Waals surface area contributed by atoms with Crippen molar-refractivity contribution >= 4 is 11.9 Å². The minimum absolute atomic E-state index is 0.0482. The van der Waals surface area contributed by atoms with Gasteiger partial charge < -0.3 is 10.2 Å². The largest absolute Gasteiger partial charge is 0.478 e. The molecule has 0 bridgehead atoms. The van der Waals surface area contributed by atoms with Crippen LogP contribution < -0.4 is 0 Å². The van der Waals surface area contributed by atoms with Crippen LogP contribution in [0, 0.1) is 0 Å². The normalized spacial score (nSPS) is 13.0. The quantitative estimate of drug-likeness (QED) is 0.514. The first-order valence-electron chi connectivity index (χ1n) is 6.03. The molecule has 0 aromatic rings. The van der Waals surface area contributed by atoms with Crippen molar-refractivity contribution in [1.82, 2.24) is 0 Å². The number of rotatable bonds is 8. The molecule has 0 aromatic carbocycles. The van der Waals surface area contributed by atoms with Gasteiger partial charge in [-0.3, -0.25) is 0 Å². The average Bonchev–Trinajstić information content (AvgIpc) is 2.31. The molecule has 18 heavy (non-hydrogen) atoms. The number of aliphatic carboxylic acids is 2. The van der Waals surface area contributed by atoms with Crippen molar-refractivity contribution in [3.8, 4) is 0 Å². The van der Waals surface area contributed by atoms with Gasteiger partial charge in [0.05, 0.1) is 11.1 Å². The number of hydrogen-bond acceptors (Lipinski definition) is 2. The van der Waals surface area contributed by atoms with Crippen LogP contribution >= 0.6 is 0 Å². The lowest BCUT2D eigenvalue weighted by molar-refractivity contribution is -0.136. The number of carboxylic acids is 2. The number of hydrogen-bond donors (Lipinski definition) is 2. The highest BCUT2D eigenvalue weighted by Gasteiger charge is 2.17. The maximum absolute atomic E-state index is 11.1. The molecule has 0 saturated heterocycles. The van der Waals surface area contributed by atoms with Crippen LogP contribution in [-0.4, -0.2) is 22.2 Å². The average molecular weight is 252 g/mol. The van der Waals surface area contributed by atoms with E-state index in [-0.39, 0.29) is 24.0 Å². The molecular formula is C14H20O4. The van der Waals surface area contributed by atoms with E-state index < -0.39 is 11.9 Å². The molecule has 0 fully saturated rings. The molecule has 0 spiro atoms. The van der Waals surface area contributed by atoms with E-state index >= 15 is 0 Å². The molecule has 0 aliphatic rings. The molecule has 0 aliphatic heterocycles. The highest BCUT2D eigenvalue weighted by molar-refractivity contribution is 5.99. The van der Waals surface area contributed by atoms with E-state index in [0.717, 1.165) is 12.8 Å². The summed E-state index contributed by atoms with van der Waals surface area (Å²) in [5, 5.41) is 18.1. The van der Waals surface area contributed by atoms with Crippen LogP contribution in [0.25, 0.3) is 0 Å².